The first-order valence-corrected chi connectivity index (χ1v) is 12.4. The Morgan fingerprint density at radius 2 is 2.03 bits per heavy atom. The predicted molar refractivity (Wildman–Crippen MR) is 125 cm³/mol. The highest BCUT2D eigenvalue weighted by atomic mass is 31.1. The Hall–Kier alpha value is -3.09. The molecule has 2 aliphatic heterocycles. The molecule has 1 aromatic carbocycles. The van der Waals surface area contributed by atoms with Crippen molar-refractivity contribution in [3.05, 3.63) is 66.6 Å². The Balaban J connectivity index is 1.25. The van der Waals surface area contributed by atoms with Crippen LogP contribution in [0.1, 0.15) is 29.6 Å². The molecule has 1 unspecified atom stereocenters. The summed E-state index contributed by atoms with van der Waals surface area (Å²) in [6.07, 6.45) is 8.88. The maximum absolute atomic E-state index is 13.0. The quantitative estimate of drug-likeness (QED) is 0.478. The normalized spacial score (nSPS) is 23.0. The third-order valence-electron chi connectivity index (χ3n) is 6.62. The van der Waals surface area contributed by atoms with Crippen LogP contribution in [0.2, 0.25) is 0 Å². The molecule has 3 aromatic heterocycles. The van der Waals surface area contributed by atoms with Gasteiger partial charge in [-0.15, -0.1) is 0 Å². The topological polar surface area (TPSA) is 80.9 Å². The third kappa shape index (κ3) is 3.22. The molecular formula is C23H24N7OP. The van der Waals surface area contributed by atoms with E-state index in [2.05, 4.69) is 31.8 Å². The van der Waals surface area contributed by atoms with E-state index in [0.29, 0.717) is 23.5 Å². The van der Waals surface area contributed by atoms with Gasteiger partial charge in [-0.25, -0.2) is 14.3 Å². The number of rotatable bonds is 5. The molecule has 5 heterocycles. The van der Waals surface area contributed by atoms with Gasteiger partial charge in [-0.2, -0.15) is 10.2 Å². The zero-order chi connectivity index (χ0) is 21.7. The number of pyridine rings is 1. The van der Waals surface area contributed by atoms with Crippen molar-refractivity contribution in [3.63, 3.8) is 0 Å². The summed E-state index contributed by atoms with van der Waals surface area (Å²) in [5.41, 5.74) is 1.58. The number of hydrogen-bond acceptors (Lipinski definition) is 5. The summed E-state index contributed by atoms with van der Waals surface area (Å²) in [6, 6.07) is 14.7. The maximum atomic E-state index is 13.0. The van der Waals surface area contributed by atoms with E-state index >= 15 is 0 Å². The first-order chi connectivity index (χ1) is 15.7. The van der Waals surface area contributed by atoms with Crippen molar-refractivity contribution in [3.8, 4) is 11.6 Å². The van der Waals surface area contributed by atoms with Gasteiger partial charge >= 0.3 is 0 Å². The molecule has 6 rings (SSSR count). The number of benzene rings is 1. The van der Waals surface area contributed by atoms with Crippen LogP contribution in [0.3, 0.4) is 0 Å². The summed E-state index contributed by atoms with van der Waals surface area (Å²) < 4.78 is 6.08. The number of amides is 1. The average molecular weight is 445 g/mol. The number of carbonyl (C=O) groups excluding carboxylic acids is 1. The van der Waals surface area contributed by atoms with Crippen molar-refractivity contribution in [2.24, 2.45) is 0 Å². The minimum Gasteiger partial charge on any atom is -0.348 e. The van der Waals surface area contributed by atoms with Gasteiger partial charge in [-0.05, 0) is 62.3 Å². The molecule has 0 aliphatic carbocycles. The summed E-state index contributed by atoms with van der Waals surface area (Å²) >= 11 is 0. The van der Waals surface area contributed by atoms with Gasteiger partial charge in [0.25, 0.3) is 5.91 Å². The molecule has 9 heteroatoms. The highest BCUT2D eigenvalue weighted by Gasteiger charge is 2.45. The van der Waals surface area contributed by atoms with Gasteiger partial charge < -0.3 is 5.32 Å². The van der Waals surface area contributed by atoms with Crippen LogP contribution in [-0.4, -0.2) is 59.9 Å². The SMILES string of the molecule is CPN1[C@H]2CC[C@@H]1[C@H](NC(=O)c1ccc3c(cnn3-c3cccc(-n4cccn4)n3)c1)C2. The molecule has 2 bridgehead atoms. The van der Waals surface area contributed by atoms with Crippen molar-refractivity contribution >= 4 is 25.5 Å². The lowest BCUT2D eigenvalue weighted by Crippen LogP contribution is -2.42. The first-order valence-electron chi connectivity index (χ1n) is 10.9. The molecule has 162 valence electrons. The summed E-state index contributed by atoms with van der Waals surface area (Å²) in [5, 5.41) is 13.0. The van der Waals surface area contributed by atoms with Crippen LogP contribution in [0.5, 0.6) is 0 Å². The van der Waals surface area contributed by atoms with E-state index in [1.807, 2.05) is 48.7 Å². The minimum absolute atomic E-state index is 0.00427. The van der Waals surface area contributed by atoms with Crippen molar-refractivity contribution in [1.82, 2.24) is 34.5 Å². The van der Waals surface area contributed by atoms with Crippen LogP contribution in [0, 0.1) is 0 Å². The van der Waals surface area contributed by atoms with Gasteiger partial charge in [0.1, 0.15) is 0 Å². The van der Waals surface area contributed by atoms with Crippen LogP contribution in [0.4, 0.5) is 0 Å². The Morgan fingerprint density at radius 1 is 1.12 bits per heavy atom. The van der Waals surface area contributed by atoms with Crippen LogP contribution in [-0.2, 0) is 0 Å². The molecule has 0 spiro atoms. The molecule has 8 nitrogen and oxygen atoms in total. The molecule has 2 aliphatic rings. The summed E-state index contributed by atoms with van der Waals surface area (Å²) in [5.74, 6) is 1.42. The van der Waals surface area contributed by atoms with E-state index in [9.17, 15) is 4.79 Å². The second-order valence-corrected chi connectivity index (χ2v) is 9.34. The fourth-order valence-corrected chi connectivity index (χ4v) is 6.40. The zero-order valence-corrected chi connectivity index (χ0v) is 18.7. The Morgan fingerprint density at radius 3 is 2.84 bits per heavy atom. The van der Waals surface area contributed by atoms with Crippen LogP contribution in [0.25, 0.3) is 22.5 Å². The van der Waals surface area contributed by atoms with E-state index in [4.69, 9.17) is 0 Å². The maximum Gasteiger partial charge on any atom is 0.251 e. The zero-order valence-electron chi connectivity index (χ0n) is 17.7. The monoisotopic (exact) mass is 445 g/mol. The van der Waals surface area contributed by atoms with Crippen molar-refractivity contribution in [2.45, 2.75) is 37.4 Å². The van der Waals surface area contributed by atoms with Crippen LogP contribution < -0.4 is 5.32 Å². The number of aromatic nitrogens is 5. The number of carbonyl (C=O) groups is 1. The third-order valence-corrected chi connectivity index (χ3v) is 7.83. The minimum atomic E-state index is -0.00427. The summed E-state index contributed by atoms with van der Waals surface area (Å²) in [4.78, 5) is 17.7. The lowest BCUT2D eigenvalue weighted by Gasteiger charge is -2.23. The second-order valence-electron chi connectivity index (χ2n) is 8.38. The molecular weight excluding hydrogens is 421 g/mol. The van der Waals surface area contributed by atoms with E-state index in [0.717, 1.165) is 31.9 Å². The smallest absolute Gasteiger partial charge is 0.251 e. The number of fused-ring (bicyclic) bond motifs is 3. The molecule has 1 N–H and O–H groups in total. The van der Waals surface area contributed by atoms with E-state index in [-0.39, 0.29) is 11.9 Å². The lowest BCUT2D eigenvalue weighted by molar-refractivity contribution is 0.0929. The summed E-state index contributed by atoms with van der Waals surface area (Å²) in [7, 11) is 0.811. The van der Waals surface area contributed by atoms with Gasteiger partial charge in [-0.3, -0.25) is 9.46 Å². The molecule has 2 fully saturated rings. The fraction of sp³-hybridized carbons (Fsp3) is 0.304. The van der Waals surface area contributed by atoms with Gasteiger partial charge in [0.15, 0.2) is 11.6 Å². The lowest BCUT2D eigenvalue weighted by atomic mass is 9.95. The van der Waals surface area contributed by atoms with Gasteiger partial charge in [0, 0.05) is 41.5 Å². The average Bonchev–Trinajstić information content (AvgIpc) is 3.62. The van der Waals surface area contributed by atoms with Crippen LogP contribution >= 0.6 is 8.73 Å². The van der Waals surface area contributed by atoms with E-state index < -0.39 is 0 Å². The molecule has 2 saturated heterocycles. The molecule has 32 heavy (non-hydrogen) atoms. The van der Waals surface area contributed by atoms with E-state index in [1.165, 1.54) is 12.8 Å². The molecule has 4 aromatic rings. The number of nitrogens with one attached hydrogen (secondary N) is 1. The fourth-order valence-electron chi connectivity index (χ4n) is 5.16. The standard InChI is InChI=1S/C23H24N7OP/c1-32-30-17-7-9-20(30)18(13-17)26-23(31)15-6-8-19-16(12-15)14-25-29(19)22-5-2-4-21(27-22)28-11-3-10-24-28/h2-6,8,10-12,14,17-18,20,32H,7,9,13H2,1H3,(H,26,31)/t17-,18+,20+/m0/s1. The number of hydrogen-bond donors (Lipinski definition) is 1. The second kappa shape index (κ2) is 7.80. The first kappa shape index (κ1) is 19.6. The van der Waals surface area contributed by atoms with Crippen LogP contribution in [0.15, 0.2) is 61.1 Å². The highest BCUT2D eigenvalue weighted by Crippen LogP contribution is 2.43. The predicted octanol–water partition coefficient (Wildman–Crippen LogP) is 3.16. The largest absolute Gasteiger partial charge is 0.348 e. The van der Waals surface area contributed by atoms with E-state index in [1.54, 1.807) is 21.8 Å². The van der Waals surface area contributed by atoms with Crippen molar-refractivity contribution in [1.29, 1.82) is 0 Å². The summed E-state index contributed by atoms with van der Waals surface area (Å²) in [6.45, 7) is 2.24. The molecule has 1 amide bonds. The molecule has 0 saturated carbocycles. The molecule has 4 atom stereocenters. The van der Waals surface area contributed by atoms with Crippen molar-refractivity contribution < 1.29 is 4.79 Å². The van der Waals surface area contributed by atoms with Crippen molar-refractivity contribution in [2.75, 3.05) is 6.66 Å². The Labute approximate surface area is 187 Å². The highest BCUT2D eigenvalue weighted by molar-refractivity contribution is 7.34. The van der Waals surface area contributed by atoms with Gasteiger partial charge in [0.05, 0.1) is 11.7 Å². The Kier molecular flexibility index (Phi) is 4.77. The number of nitrogens with zero attached hydrogens (tertiary/aromatic N) is 6. The van der Waals surface area contributed by atoms with Gasteiger partial charge in [-0.1, -0.05) is 14.8 Å². The molecule has 0 radical (unpaired) electrons. The Bertz CT molecular complexity index is 1280. The van der Waals surface area contributed by atoms with Gasteiger partial charge in [0.2, 0.25) is 0 Å².